The summed E-state index contributed by atoms with van der Waals surface area (Å²) in [6.07, 6.45) is 2.69. The van der Waals surface area contributed by atoms with Crippen LogP contribution in [0.2, 0.25) is 0 Å². The number of carbonyl (C=O) groups is 1. The third-order valence-corrected chi connectivity index (χ3v) is 2.63. The Kier molecular flexibility index (Phi) is 2.68. The number of ether oxygens (including phenoxy) is 1. The van der Waals surface area contributed by atoms with E-state index in [1.165, 1.54) is 0 Å². The maximum atomic E-state index is 11.7. The minimum Gasteiger partial charge on any atom is -0.469 e. The van der Waals surface area contributed by atoms with Crippen molar-refractivity contribution in [2.24, 2.45) is 5.92 Å². The fourth-order valence-electron chi connectivity index (χ4n) is 1.79. The molecule has 1 saturated heterocycles. The number of furan rings is 1. The highest BCUT2D eigenvalue weighted by molar-refractivity contribution is 5.85. The number of ketones is 1. The van der Waals surface area contributed by atoms with E-state index < -0.39 is 0 Å². The van der Waals surface area contributed by atoms with E-state index in [1.807, 2.05) is 6.07 Å². The first-order valence-corrected chi connectivity index (χ1v) is 4.94. The molecule has 0 radical (unpaired) electrons. The van der Waals surface area contributed by atoms with E-state index in [2.05, 4.69) is 6.92 Å². The van der Waals surface area contributed by atoms with Crippen molar-refractivity contribution in [2.75, 3.05) is 6.61 Å². The summed E-state index contributed by atoms with van der Waals surface area (Å²) >= 11 is 0. The zero-order valence-electron chi connectivity index (χ0n) is 8.23. The van der Waals surface area contributed by atoms with Crippen molar-refractivity contribution < 1.29 is 13.9 Å². The summed E-state index contributed by atoms with van der Waals surface area (Å²) in [5.41, 5.74) is 0. The van der Waals surface area contributed by atoms with Gasteiger partial charge in [-0.2, -0.15) is 0 Å². The van der Waals surface area contributed by atoms with Crippen molar-refractivity contribution in [2.45, 2.75) is 25.9 Å². The highest BCUT2D eigenvalue weighted by Gasteiger charge is 2.30. The van der Waals surface area contributed by atoms with E-state index >= 15 is 0 Å². The second-order valence-electron chi connectivity index (χ2n) is 3.78. The highest BCUT2D eigenvalue weighted by atomic mass is 16.5. The van der Waals surface area contributed by atoms with Crippen molar-refractivity contribution in [1.29, 1.82) is 0 Å². The van der Waals surface area contributed by atoms with E-state index in [0.717, 1.165) is 12.2 Å². The average molecular weight is 194 g/mol. The minimum atomic E-state index is -0.222. The molecule has 3 heteroatoms. The first kappa shape index (κ1) is 9.46. The van der Waals surface area contributed by atoms with Crippen LogP contribution in [0.3, 0.4) is 0 Å². The van der Waals surface area contributed by atoms with E-state index in [9.17, 15) is 4.79 Å². The summed E-state index contributed by atoms with van der Waals surface area (Å²) in [4.78, 5) is 11.7. The third kappa shape index (κ3) is 1.87. The molecule has 1 fully saturated rings. The average Bonchev–Trinajstić information content (AvgIpc) is 2.75. The van der Waals surface area contributed by atoms with Gasteiger partial charge < -0.3 is 9.15 Å². The fraction of sp³-hybridized carbons (Fsp3) is 0.545. The molecule has 0 N–H and O–H groups in total. The van der Waals surface area contributed by atoms with E-state index in [1.54, 1.807) is 12.3 Å². The molecular formula is C11H14O3. The Hall–Kier alpha value is -1.09. The van der Waals surface area contributed by atoms with Gasteiger partial charge in [0.05, 0.1) is 12.7 Å². The van der Waals surface area contributed by atoms with Crippen LogP contribution in [-0.2, 0) is 16.0 Å². The molecule has 1 aromatic rings. The van der Waals surface area contributed by atoms with Gasteiger partial charge in [-0.25, -0.2) is 0 Å². The van der Waals surface area contributed by atoms with Gasteiger partial charge in [0.2, 0.25) is 0 Å². The largest absolute Gasteiger partial charge is 0.469 e. The van der Waals surface area contributed by atoms with Gasteiger partial charge in [-0.3, -0.25) is 4.79 Å². The van der Waals surface area contributed by atoms with Gasteiger partial charge in [-0.05, 0) is 24.5 Å². The summed E-state index contributed by atoms with van der Waals surface area (Å²) < 4.78 is 10.5. The number of carbonyl (C=O) groups excluding carboxylic acids is 1. The van der Waals surface area contributed by atoms with Crippen molar-refractivity contribution in [3.63, 3.8) is 0 Å². The molecule has 1 aromatic heterocycles. The molecule has 0 bridgehead atoms. The molecule has 0 aromatic carbocycles. The zero-order chi connectivity index (χ0) is 9.97. The number of Topliss-reactive ketones (excluding diaryl/α,β-unsaturated/α-hetero) is 1. The van der Waals surface area contributed by atoms with Gasteiger partial charge in [0.1, 0.15) is 11.9 Å². The number of rotatable bonds is 3. The molecule has 2 unspecified atom stereocenters. The van der Waals surface area contributed by atoms with Gasteiger partial charge >= 0.3 is 0 Å². The van der Waals surface area contributed by atoms with Crippen molar-refractivity contribution >= 4 is 5.78 Å². The molecule has 1 aliphatic heterocycles. The van der Waals surface area contributed by atoms with Gasteiger partial charge in [-0.15, -0.1) is 0 Å². The molecule has 0 aliphatic carbocycles. The molecule has 0 saturated carbocycles. The van der Waals surface area contributed by atoms with Crippen LogP contribution >= 0.6 is 0 Å². The smallest absolute Gasteiger partial charge is 0.169 e. The van der Waals surface area contributed by atoms with E-state index in [4.69, 9.17) is 9.15 Å². The second-order valence-corrected chi connectivity index (χ2v) is 3.78. The Labute approximate surface area is 83.0 Å². The molecule has 0 amide bonds. The molecule has 1 aliphatic rings. The van der Waals surface area contributed by atoms with Crippen LogP contribution in [0, 0.1) is 5.92 Å². The second kappa shape index (κ2) is 3.96. The molecule has 2 rings (SSSR count). The summed E-state index contributed by atoms with van der Waals surface area (Å²) in [7, 11) is 0. The third-order valence-electron chi connectivity index (χ3n) is 2.63. The van der Waals surface area contributed by atoms with E-state index in [0.29, 0.717) is 18.9 Å². The summed E-state index contributed by atoms with van der Waals surface area (Å²) in [5, 5.41) is 0. The zero-order valence-corrected chi connectivity index (χ0v) is 8.23. The Morgan fingerprint density at radius 1 is 1.64 bits per heavy atom. The maximum Gasteiger partial charge on any atom is 0.169 e. The van der Waals surface area contributed by atoms with Gasteiger partial charge in [-0.1, -0.05) is 6.92 Å². The maximum absolute atomic E-state index is 11.7. The first-order chi connectivity index (χ1) is 6.77. The predicted octanol–water partition coefficient (Wildman–Crippen LogP) is 1.82. The standard InChI is InChI=1S/C11H14O3/c1-8-4-6-14-11(8)10(12)7-9-3-2-5-13-9/h2-3,5,8,11H,4,6-7H2,1H3. The van der Waals surface area contributed by atoms with Crippen LogP contribution in [0.4, 0.5) is 0 Å². The monoisotopic (exact) mass is 194 g/mol. The number of hydrogen-bond acceptors (Lipinski definition) is 3. The van der Waals surface area contributed by atoms with Crippen LogP contribution in [0.5, 0.6) is 0 Å². The molecule has 14 heavy (non-hydrogen) atoms. The van der Waals surface area contributed by atoms with Gasteiger partial charge in [0.25, 0.3) is 0 Å². The summed E-state index contributed by atoms with van der Waals surface area (Å²) in [6.45, 7) is 2.76. The molecule has 2 heterocycles. The normalized spacial score (nSPS) is 26.6. The van der Waals surface area contributed by atoms with E-state index in [-0.39, 0.29) is 11.9 Å². The summed E-state index contributed by atoms with van der Waals surface area (Å²) in [6, 6.07) is 3.61. The Balaban J connectivity index is 1.95. The lowest BCUT2D eigenvalue weighted by Gasteiger charge is -2.11. The van der Waals surface area contributed by atoms with Gasteiger partial charge in [0, 0.05) is 6.61 Å². The van der Waals surface area contributed by atoms with Crippen LogP contribution in [0.25, 0.3) is 0 Å². The summed E-state index contributed by atoms with van der Waals surface area (Å²) in [5.74, 6) is 1.19. The lowest BCUT2D eigenvalue weighted by molar-refractivity contribution is -0.128. The van der Waals surface area contributed by atoms with Crippen LogP contribution < -0.4 is 0 Å². The molecular weight excluding hydrogens is 180 g/mol. The Morgan fingerprint density at radius 3 is 3.07 bits per heavy atom. The highest BCUT2D eigenvalue weighted by Crippen LogP contribution is 2.22. The van der Waals surface area contributed by atoms with Crippen LogP contribution in [-0.4, -0.2) is 18.5 Å². The van der Waals surface area contributed by atoms with Crippen molar-refractivity contribution in [1.82, 2.24) is 0 Å². The lowest BCUT2D eigenvalue weighted by Crippen LogP contribution is -2.26. The van der Waals surface area contributed by atoms with Crippen LogP contribution in [0.1, 0.15) is 19.1 Å². The van der Waals surface area contributed by atoms with Crippen molar-refractivity contribution in [3.05, 3.63) is 24.2 Å². The first-order valence-electron chi connectivity index (χ1n) is 4.94. The predicted molar refractivity (Wildman–Crippen MR) is 50.9 cm³/mol. The number of hydrogen-bond donors (Lipinski definition) is 0. The van der Waals surface area contributed by atoms with Crippen molar-refractivity contribution in [3.8, 4) is 0 Å². The molecule has 0 spiro atoms. The van der Waals surface area contributed by atoms with Gasteiger partial charge in [0.15, 0.2) is 5.78 Å². The lowest BCUT2D eigenvalue weighted by atomic mass is 9.98. The quantitative estimate of drug-likeness (QED) is 0.736. The SMILES string of the molecule is CC1CCOC1C(=O)Cc1ccco1. The van der Waals surface area contributed by atoms with Crippen LogP contribution in [0.15, 0.2) is 22.8 Å². The topological polar surface area (TPSA) is 39.4 Å². The Morgan fingerprint density at radius 2 is 2.50 bits per heavy atom. The molecule has 3 nitrogen and oxygen atoms in total. The Bertz CT molecular complexity index is 302. The molecule has 76 valence electrons. The minimum absolute atomic E-state index is 0.130. The molecule has 2 atom stereocenters. The fourth-order valence-corrected chi connectivity index (χ4v) is 1.79.